The molecular weight excluding hydrogens is 231 g/mol. The zero-order valence-corrected chi connectivity index (χ0v) is 9.64. The van der Waals surface area contributed by atoms with Gasteiger partial charge in [0.25, 0.3) is 0 Å². The number of nitriles is 1. The smallest absolute Gasteiger partial charge is 0.140 e. The third kappa shape index (κ3) is 3.05. The van der Waals surface area contributed by atoms with Crippen LogP contribution < -0.4 is 4.74 Å². The molecule has 0 saturated carbocycles. The molecule has 2 rings (SSSR count). The summed E-state index contributed by atoms with van der Waals surface area (Å²) in [6.07, 6.45) is 3.61. The van der Waals surface area contributed by atoms with Crippen molar-refractivity contribution in [2.24, 2.45) is 0 Å². The van der Waals surface area contributed by atoms with Gasteiger partial charge in [0.15, 0.2) is 0 Å². The van der Waals surface area contributed by atoms with Gasteiger partial charge in [-0.15, -0.1) is 0 Å². The molecule has 0 spiro atoms. The van der Waals surface area contributed by atoms with Crippen molar-refractivity contribution in [3.8, 4) is 11.8 Å². The molecule has 0 amide bonds. The Morgan fingerprint density at radius 2 is 2.22 bits per heavy atom. The van der Waals surface area contributed by atoms with E-state index in [0.29, 0.717) is 24.3 Å². The zero-order valence-electron chi connectivity index (χ0n) is 9.64. The highest BCUT2D eigenvalue weighted by molar-refractivity contribution is 5.40. The van der Waals surface area contributed by atoms with E-state index in [0.717, 1.165) is 5.56 Å². The van der Waals surface area contributed by atoms with Crippen LogP contribution in [0.15, 0.2) is 42.7 Å². The quantitative estimate of drug-likeness (QED) is 0.828. The highest BCUT2D eigenvalue weighted by Gasteiger charge is 2.02. The molecule has 1 aromatic carbocycles. The Bertz CT molecular complexity index is 578. The molecule has 90 valence electrons. The predicted molar refractivity (Wildman–Crippen MR) is 64.6 cm³/mol. The second kappa shape index (κ2) is 5.78. The second-order valence-electron chi connectivity index (χ2n) is 3.71. The van der Waals surface area contributed by atoms with Crippen molar-refractivity contribution in [2.75, 3.05) is 6.61 Å². The van der Waals surface area contributed by atoms with E-state index in [2.05, 4.69) is 4.98 Å². The van der Waals surface area contributed by atoms with Crippen molar-refractivity contribution in [1.29, 1.82) is 5.26 Å². The summed E-state index contributed by atoms with van der Waals surface area (Å²) in [6, 6.07) is 10.0. The van der Waals surface area contributed by atoms with Gasteiger partial charge in [-0.3, -0.25) is 4.98 Å². The normalized spacial score (nSPS) is 9.78. The standard InChI is InChI=1S/C14H11FN2O/c15-13-3-1-2-11(8-13)5-7-18-14-4-6-17-10-12(14)9-16/h1-4,6,8,10H,5,7H2. The van der Waals surface area contributed by atoms with E-state index in [1.807, 2.05) is 12.1 Å². The summed E-state index contributed by atoms with van der Waals surface area (Å²) >= 11 is 0. The topological polar surface area (TPSA) is 45.9 Å². The lowest BCUT2D eigenvalue weighted by molar-refractivity contribution is 0.320. The Kier molecular flexibility index (Phi) is 3.87. The van der Waals surface area contributed by atoms with Crippen LogP contribution in [0.25, 0.3) is 0 Å². The first kappa shape index (κ1) is 12.1. The Morgan fingerprint density at radius 1 is 1.33 bits per heavy atom. The van der Waals surface area contributed by atoms with E-state index in [9.17, 15) is 4.39 Å². The van der Waals surface area contributed by atoms with Gasteiger partial charge in [-0.25, -0.2) is 4.39 Å². The van der Waals surface area contributed by atoms with Crippen LogP contribution in [0.1, 0.15) is 11.1 Å². The van der Waals surface area contributed by atoms with Gasteiger partial charge in [-0.2, -0.15) is 5.26 Å². The fourth-order valence-corrected chi connectivity index (χ4v) is 1.56. The van der Waals surface area contributed by atoms with E-state index in [1.165, 1.54) is 18.3 Å². The van der Waals surface area contributed by atoms with Gasteiger partial charge in [0.1, 0.15) is 23.2 Å². The average Bonchev–Trinajstić information content (AvgIpc) is 2.39. The number of ether oxygens (including phenoxy) is 1. The van der Waals surface area contributed by atoms with Crippen LogP contribution in [0.5, 0.6) is 5.75 Å². The lowest BCUT2D eigenvalue weighted by atomic mass is 10.1. The molecule has 0 aliphatic heterocycles. The average molecular weight is 242 g/mol. The van der Waals surface area contributed by atoms with Crippen molar-refractivity contribution in [2.45, 2.75) is 6.42 Å². The summed E-state index contributed by atoms with van der Waals surface area (Å²) in [5.41, 5.74) is 1.26. The maximum Gasteiger partial charge on any atom is 0.140 e. The van der Waals surface area contributed by atoms with Crippen LogP contribution in [0.3, 0.4) is 0 Å². The molecule has 1 aromatic heterocycles. The van der Waals surface area contributed by atoms with E-state index < -0.39 is 0 Å². The number of rotatable bonds is 4. The first-order valence-electron chi connectivity index (χ1n) is 5.51. The number of nitrogens with zero attached hydrogens (tertiary/aromatic N) is 2. The Hall–Kier alpha value is -2.41. The monoisotopic (exact) mass is 242 g/mol. The largest absolute Gasteiger partial charge is 0.492 e. The van der Waals surface area contributed by atoms with Gasteiger partial charge in [0, 0.05) is 18.8 Å². The molecule has 3 nitrogen and oxygen atoms in total. The lowest BCUT2D eigenvalue weighted by Crippen LogP contribution is -2.03. The molecule has 4 heteroatoms. The Balaban J connectivity index is 1.95. The number of benzene rings is 1. The van der Waals surface area contributed by atoms with Crippen LogP contribution in [0, 0.1) is 17.1 Å². The SMILES string of the molecule is N#Cc1cnccc1OCCc1cccc(F)c1. The van der Waals surface area contributed by atoms with Crippen molar-refractivity contribution in [1.82, 2.24) is 4.98 Å². The maximum atomic E-state index is 12.9. The van der Waals surface area contributed by atoms with Crippen molar-refractivity contribution < 1.29 is 9.13 Å². The van der Waals surface area contributed by atoms with Gasteiger partial charge in [-0.1, -0.05) is 12.1 Å². The number of aromatic nitrogens is 1. The minimum atomic E-state index is -0.255. The van der Waals surface area contributed by atoms with E-state index in [-0.39, 0.29) is 5.82 Å². The molecule has 1 heterocycles. The van der Waals surface area contributed by atoms with E-state index in [4.69, 9.17) is 10.00 Å². The number of hydrogen-bond donors (Lipinski definition) is 0. The van der Waals surface area contributed by atoms with Gasteiger partial charge in [0.2, 0.25) is 0 Å². The van der Waals surface area contributed by atoms with Gasteiger partial charge in [-0.05, 0) is 23.8 Å². The molecule has 0 fully saturated rings. The van der Waals surface area contributed by atoms with Crippen LogP contribution in [0.2, 0.25) is 0 Å². The fraction of sp³-hybridized carbons (Fsp3) is 0.143. The van der Waals surface area contributed by atoms with E-state index in [1.54, 1.807) is 18.3 Å². The molecule has 0 aliphatic rings. The van der Waals surface area contributed by atoms with Crippen LogP contribution in [-0.2, 0) is 6.42 Å². The van der Waals surface area contributed by atoms with E-state index >= 15 is 0 Å². The Morgan fingerprint density at radius 3 is 3.00 bits per heavy atom. The molecule has 0 saturated heterocycles. The van der Waals surface area contributed by atoms with Crippen LogP contribution >= 0.6 is 0 Å². The minimum absolute atomic E-state index is 0.255. The third-order valence-corrected chi connectivity index (χ3v) is 2.44. The fourth-order valence-electron chi connectivity index (χ4n) is 1.56. The summed E-state index contributed by atoms with van der Waals surface area (Å²) in [5, 5.41) is 8.85. The molecule has 18 heavy (non-hydrogen) atoms. The molecule has 0 bridgehead atoms. The second-order valence-corrected chi connectivity index (χ2v) is 3.71. The first-order valence-corrected chi connectivity index (χ1v) is 5.51. The predicted octanol–water partition coefficient (Wildman–Crippen LogP) is 2.71. The minimum Gasteiger partial charge on any atom is -0.492 e. The summed E-state index contributed by atoms with van der Waals surface area (Å²) in [7, 11) is 0. The molecule has 0 radical (unpaired) electrons. The number of hydrogen-bond acceptors (Lipinski definition) is 3. The maximum absolute atomic E-state index is 12.9. The molecule has 0 atom stereocenters. The van der Waals surface area contributed by atoms with Crippen molar-refractivity contribution in [3.05, 3.63) is 59.7 Å². The lowest BCUT2D eigenvalue weighted by Gasteiger charge is -2.07. The number of halogens is 1. The van der Waals surface area contributed by atoms with Gasteiger partial charge in [0.05, 0.1) is 6.61 Å². The van der Waals surface area contributed by atoms with Crippen molar-refractivity contribution in [3.63, 3.8) is 0 Å². The summed E-state index contributed by atoms with van der Waals surface area (Å²) in [4.78, 5) is 3.84. The van der Waals surface area contributed by atoms with Crippen LogP contribution in [0.4, 0.5) is 4.39 Å². The Labute approximate surface area is 104 Å². The third-order valence-electron chi connectivity index (χ3n) is 2.44. The molecular formula is C14H11FN2O. The highest BCUT2D eigenvalue weighted by atomic mass is 19.1. The van der Waals surface area contributed by atoms with Crippen LogP contribution in [-0.4, -0.2) is 11.6 Å². The molecule has 2 aromatic rings. The summed E-state index contributed by atoms with van der Waals surface area (Å²) in [6.45, 7) is 0.391. The molecule has 0 N–H and O–H groups in total. The van der Waals surface area contributed by atoms with Gasteiger partial charge >= 0.3 is 0 Å². The van der Waals surface area contributed by atoms with Gasteiger partial charge < -0.3 is 4.74 Å². The highest BCUT2D eigenvalue weighted by Crippen LogP contribution is 2.15. The summed E-state index contributed by atoms with van der Waals surface area (Å²) in [5.74, 6) is 0.248. The molecule has 0 aliphatic carbocycles. The molecule has 0 unspecified atom stereocenters. The van der Waals surface area contributed by atoms with Crippen molar-refractivity contribution >= 4 is 0 Å². The number of pyridine rings is 1. The zero-order chi connectivity index (χ0) is 12.8. The first-order chi connectivity index (χ1) is 8.79. The summed E-state index contributed by atoms with van der Waals surface area (Å²) < 4.78 is 18.4.